The Kier molecular flexibility index (Phi) is 5.58. The first kappa shape index (κ1) is 16.8. The summed E-state index contributed by atoms with van der Waals surface area (Å²) in [7, 11) is 1.34. The van der Waals surface area contributed by atoms with Crippen molar-refractivity contribution in [3.05, 3.63) is 34.8 Å². The van der Waals surface area contributed by atoms with Gasteiger partial charge in [-0.05, 0) is 30.7 Å². The van der Waals surface area contributed by atoms with Crippen molar-refractivity contribution in [3.8, 4) is 11.5 Å². The van der Waals surface area contributed by atoms with E-state index < -0.39 is 6.61 Å². The molecule has 0 aliphatic rings. The van der Waals surface area contributed by atoms with Crippen molar-refractivity contribution in [2.75, 3.05) is 12.4 Å². The van der Waals surface area contributed by atoms with E-state index in [0.29, 0.717) is 10.7 Å². The maximum absolute atomic E-state index is 12.2. The average molecular weight is 341 g/mol. The number of nitrogens with zero attached hydrogens (tertiary/aromatic N) is 2. The van der Waals surface area contributed by atoms with Gasteiger partial charge in [-0.25, -0.2) is 0 Å². The van der Waals surface area contributed by atoms with Crippen LogP contribution in [0.15, 0.2) is 24.3 Å². The highest BCUT2D eigenvalue weighted by atomic mass is 32.1. The third-order valence-electron chi connectivity index (χ3n) is 2.59. The van der Waals surface area contributed by atoms with E-state index in [1.54, 1.807) is 6.92 Å². The highest BCUT2D eigenvalue weighted by Gasteiger charge is 2.10. The van der Waals surface area contributed by atoms with Gasteiger partial charge in [-0.1, -0.05) is 17.4 Å². The van der Waals surface area contributed by atoms with E-state index in [4.69, 9.17) is 4.74 Å². The van der Waals surface area contributed by atoms with Gasteiger partial charge >= 0.3 is 6.61 Å². The van der Waals surface area contributed by atoms with E-state index in [1.807, 2.05) is 0 Å². The number of halogens is 2. The fourth-order valence-corrected chi connectivity index (χ4v) is 2.24. The van der Waals surface area contributed by atoms with E-state index >= 15 is 0 Å². The van der Waals surface area contributed by atoms with Crippen molar-refractivity contribution in [1.29, 1.82) is 0 Å². The van der Waals surface area contributed by atoms with Crippen molar-refractivity contribution < 1.29 is 23.0 Å². The number of rotatable bonds is 6. The van der Waals surface area contributed by atoms with Crippen LogP contribution in [0, 0.1) is 6.92 Å². The third kappa shape index (κ3) is 4.99. The van der Waals surface area contributed by atoms with Crippen LogP contribution in [0.25, 0.3) is 6.08 Å². The molecule has 0 saturated carbocycles. The van der Waals surface area contributed by atoms with Crippen LogP contribution in [0.2, 0.25) is 0 Å². The first-order chi connectivity index (χ1) is 11.0. The fourth-order valence-electron chi connectivity index (χ4n) is 1.65. The van der Waals surface area contributed by atoms with Crippen LogP contribution < -0.4 is 14.8 Å². The molecule has 1 N–H and O–H groups in total. The summed E-state index contributed by atoms with van der Waals surface area (Å²) in [6.45, 7) is -1.16. The summed E-state index contributed by atoms with van der Waals surface area (Å²) in [5, 5.41) is 11.3. The molecule has 0 unspecified atom stereocenters. The first-order valence-corrected chi connectivity index (χ1v) is 7.21. The zero-order valence-electron chi connectivity index (χ0n) is 12.2. The van der Waals surface area contributed by atoms with Crippen LogP contribution in [-0.4, -0.2) is 29.8 Å². The number of amides is 1. The Labute approximate surface area is 134 Å². The molecule has 23 heavy (non-hydrogen) atoms. The van der Waals surface area contributed by atoms with E-state index in [1.165, 1.54) is 48.8 Å². The smallest absolute Gasteiger partial charge is 0.387 e. The SMILES string of the molecule is COc1cc(/C=C/C(=O)Nc2nnc(C)s2)ccc1OC(F)F. The second kappa shape index (κ2) is 7.63. The minimum atomic E-state index is -2.94. The molecule has 1 amide bonds. The van der Waals surface area contributed by atoms with Crippen molar-refractivity contribution in [1.82, 2.24) is 10.2 Å². The number of nitrogens with one attached hydrogen (secondary N) is 1. The number of aryl methyl sites for hydroxylation is 1. The second-order valence-electron chi connectivity index (χ2n) is 4.24. The van der Waals surface area contributed by atoms with Gasteiger partial charge in [0, 0.05) is 6.08 Å². The quantitative estimate of drug-likeness (QED) is 0.817. The largest absolute Gasteiger partial charge is 0.493 e. The number of carbonyl (C=O) groups is 1. The Morgan fingerprint density at radius 3 is 2.74 bits per heavy atom. The Bertz CT molecular complexity index is 719. The topological polar surface area (TPSA) is 73.3 Å². The minimum absolute atomic E-state index is 0.0755. The van der Waals surface area contributed by atoms with Crippen molar-refractivity contribution >= 4 is 28.5 Å². The fraction of sp³-hybridized carbons (Fsp3) is 0.214. The molecule has 122 valence electrons. The summed E-state index contributed by atoms with van der Waals surface area (Å²) < 4.78 is 33.8. The van der Waals surface area contributed by atoms with Crippen LogP contribution >= 0.6 is 11.3 Å². The Morgan fingerprint density at radius 2 is 2.13 bits per heavy atom. The maximum Gasteiger partial charge on any atom is 0.387 e. The molecule has 0 bridgehead atoms. The van der Waals surface area contributed by atoms with E-state index in [9.17, 15) is 13.6 Å². The molecule has 0 aliphatic heterocycles. The van der Waals surface area contributed by atoms with Gasteiger partial charge in [-0.2, -0.15) is 8.78 Å². The third-order valence-corrected chi connectivity index (χ3v) is 3.34. The maximum atomic E-state index is 12.2. The average Bonchev–Trinajstić information content (AvgIpc) is 2.90. The number of alkyl halides is 2. The van der Waals surface area contributed by atoms with Gasteiger partial charge in [-0.3, -0.25) is 10.1 Å². The van der Waals surface area contributed by atoms with Crippen molar-refractivity contribution in [2.45, 2.75) is 13.5 Å². The molecule has 0 fully saturated rings. The van der Waals surface area contributed by atoms with Crippen LogP contribution in [0.4, 0.5) is 13.9 Å². The number of benzene rings is 1. The predicted octanol–water partition coefficient (Wildman–Crippen LogP) is 3.11. The highest BCUT2D eigenvalue weighted by Crippen LogP contribution is 2.29. The Morgan fingerprint density at radius 1 is 1.35 bits per heavy atom. The number of carbonyl (C=O) groups excluding carboxylic acids is 1. The molecule has 0 saturated heterocycles. The number of ether oxygens (including phenoxy) is 2. The standard InChI is InChI=1S/C14H13F2N3O3S/c1-8-18-19-14(23-8)17-12(20)6-4-9-3-5-10(22-13(15)16)11(7-9)21-2/h3-7,13H,1-2H3,(H,17,19,20)/b6-4+. The van der Waals surface area contributed by atoms with Gasteiger partial charge in [0.05, 0.1) is 7.11 Å². The van der Waals surface area contributed by atoms with Crippen LogP contribution in [-0.2, 0) is 4.79 Å². The van der Waals surface area contributed by atoms with E-state index in [-0.39, 0.29) is 17.4 Å². The van der Waals surface area contributed by atoms with Crippen LogP contribution in [0.5, 0.6) is 11.5 Å². The molecule has 9 heteroatoms. The summed E-state index contributed by atoms with van der Waals surface area (Å²) in [6, 6.07) is 4.35. The Balaban J connectivity index is 2.05. The lowest BCUT2D eigenvalue weighted by molar-refractivity contribution is -0.111. The summed E-state index contributed by atoms with van der Waals surface area (Å²) in [5.74, 6) is -0.311. The normalized spacial score (nSPS) is 11.0. The summed E-state index contributed by atoms with van der Waals surface area (Å²) in [5.41, 5.74) is 0.590. The van der Waals surface area contributed by atoms with Gasteiger partial charge in [-0.15, -0.1) is 10.2 Å². The molecule has 2 aromatic rings. The lowest BCUT2D eigenvalue weighted by Crippen LogP contribution is -2.07. The number of hydrogen-bond donors (Lipinski definition) is 1. The molecule has 0 radical (unpaired) electrons. The molecule has 1 heterocycles. The van der Waals surface area contributed by atoms with Gasteiger partial charge in [0.25, 0.3) is 0 Å². The monoisotopic (exact) mass is 341 g/mol. The van der Waals surface area contributed by atoms with Crippen molar-refractivity contribution in [3.63, 3.8) is 0 Å². The lowest BCUT2D eigenvalue weighted by atomic mass is 10.2. The molecule has 1 aromatic heterocycles. The lowest BCUT2D eigenvalue weighted by Gasteiger charge is -2.10. The Hall–Kier alpha value is -2.55. The molecule has 2 rings (SSSR count). The summed E-state index contributed by atoms with van der Waals surface area (Å²) in [6.07, 6.45) is 2.80. The highest BCUT2D eigenvalue weighted by molar-refractivity contribution is 7.15. The van der Waals surface area contributed by atoms with Gasteiger partial charge in [0.2, 0.25) is 11.0 Å². The van der Waals surface area contributed by atoms with E-state index in [2.05, 4.69) is 20.3 Å². The van der Waals surface area contributed by atoms with Gasteiger partial charge in [0.1, 0.15) is 5.01 Å². The second-order valence-corrected chi connectivity index (χ2v) is 5.42. The molecular weight excluding hydrogens is 328 g/mol. The van der Waals surface area contributed by atoms with Gasteiger partial charge in [0.15, 0.2) is 11.5 Å². The zero-order valence-corrected chi connectivity index (χ0v) is 13.1. The molecular formula is C14H13F2N3O3S. The number of anilines is 1. The molecule has 0 aliphatic carbocycles. The molecule has 6 nitrogen and oxygen atoms in total. The van der Waals surface area contributed by atoms with Crippen LogP contribution in [0.3, 0.4) is 0 Å². The van der Waals surface area contributed by atoms with E-state index in [0.717, 1.165) is 5.01 Å². The minimum Gasteiger partial charge on any atom is -0.493 e. The van der Waals surface area contributed by atoms with Crippen molar-refractivity contribution in [2.24, 2.45) is 0 Å². The molecule has 1 aromatic carbocycles. The molecule has 0 spiro atoms. The molecule has 0 atom stereocenters. The van der Waals surface area contributed by atoms with Gasteiger partial charge < -0.3 is 9.47 Å². The number of hydrogen-bond acceptors (Lipinski definition) is 6. The zero-order chi connectivity index (χ0) is 16.8. The predicted molar refractivity (Wildman–Crippen MR) is 81.9 cm³/mol. The first-order valence-electron chi connectivity index (χ1n) is 6.40. The summed E-state index contributed by atoms with van der Waals surface area (Å²) in [4.78, 5) is 11.7. The van der Waals surface area contributed by atoms with Crippen LogP contribution in [0.1, 0.15) is 10.6 Å². The summed E-state index contributed by atoms with van der Waals surface area (Å²) >= 11 is 1.26. The number of methoxy groups -OCH3 is 1. The number of aromatic nitrogens is 2.